The lowest BCUT2D eigenvalue weighted by molar-refractivity contribution is 0.415. The number of ether oxygens (including phenoxy) is 1. The summed E-state index contributed by atoms with van der Waals surface area (Å²) in [7, 11) is 1.63. The molecule has 0 saturated carbocycles. The first kappa shape index (κ1) is 25.7. The molecule has 0 fully saturated rings. The first-order valence-electron chi connectivity index (χ1n) is 12.7. The minimum atomic E-state index is -0.259. The minimum absolute atomic E-state index is 0.259. The van der Waals surface area contributed by atoms with Crippen LogP contribution in [0, 0.1) is 5.82 Å². The molecule has 39 heavy (non-hydrogen) atoms. The first-order chi connectivity index (χ1) is 19.0. The molecule has 0 saturated heterocycles. The molecule has 0 radical (unpaired) electrons. The van der Waals surface area contributed by atoms with Crippen LogP contribution in [0.2, 0.25) is 0 Å². The van der Waals surface area contributed by atoms with E-state index in [4.69, 9.17) is 15.5 Å². The number of hydrogen-bond donors (Lipinski definition) is 3. The van der Waals surface area contributed by atoms with Crippen molar-refractivity contribution in [2.75, 3.05) is 17.9 Å². The SMILES string of the molecule is CCC1=CN=C(Nc2ccc3c(cnn3Cc3cccc(F)c3)c2)C(/C=N/Nc2ccc(OC)cc2)=C(N)C1. The first-order valence-corrected chi connectivity index (χ1v) is 12.7. The number of fused-ring (bicyclic) bond motifs is 1. The summed E-state index contributed by atoms with van der Waals surface area (Å²) in [5.41, 5.74) is 15.5. The van der Waals surface area contributed by atoms with E-state index >= 15 is 0 Å². The number of anilines is 2. The molecule has 0 unspecified atom stereocenters. The quantitative estimate of drug-likeness (QED) is 0.193. The van der Waals surface area contributed by atoms with Crippen LogP contribution in [0.15, 0.2) is 106 Å². The highest BCUT2D eigenvalue weighted by atomic mass is 19.1. The largest absolute Gasteiger partial charge is 0.497 e. The van der Waals surface area contributed by atoms with Gasteiger partial charge in [0, 0.05) is 29.4 Å². The second-order valence-electron chi connectivity index (χ2n) is 9.16. The topological polar surface area (TPSA) is 102 Å². The zero-order valence-electron chi connectivity index (χ0n) is 21.9. The summed E-state index contributed by atoms with van der Waals surface area (Å²) in [6, 6.07) is 20.0. The Morgan fingerprint density at radius 2 is 1.92 bits per heavy atom. The van der Waals surface area contributed by atoms with Gasteiger partial charge in [-0.15, -0.1) is 0 Å². The number of aliphatic imine (C=N–C) groups is 1. The van der Waals surface area contributed by atoms with Crippen LogP contribution in [0.3, 0.4) is 0 Å². The molecule has 1 aliphatic rings. The maximum Gasteiger partial charge on any atom is 0.140 e. The maximum absolute atomic E-state index is 13.6. The third kappa shape index (κ3) is 6.15. The molecule has 0 bridgehead atoms. The minimum Gasteiger partial charge on any atom is -0.497 e. The molecule has 8 nitrogen and oxygen atoms in total. The van der Waals surface area contributed by atoms with Gasteiger partial charge in [0.15, 0.2) is 0 Å². The van der Waals surface area contributed by atoms with Gasteiger partial charge < -0.3 is 15.8 Å². The molecule has 0 aliphatic carbocycles. The molecular formula is C30H30FN7O. The summed E-state index contributed by atoms with van der Waals surface area (Å²) in [5, 5.41) is 13.3. The second-order valence-corrected chi connectivity index (χ2v) is 9.16. The van der Waals surface area contributed by atoms with Crippen molar-refractivity contribution >= 4 is 34.3 Å². The van der Waals surface area contributed by atoms with Gasteiger partial charge in [-0.3, -0.25) is 10.1 Å². The molecule has 198 valence electrons. The van der Waals surface area contributed by atoms with Gasteiger partial charge in [-0.2, -0.15) is 10.2 Å². The number of amidine groups is 1. The van der Waals surface area contributed by atoms with Crippen LogP contribution in [-0.2, 0) is 6.54 Å². The molecule has 0 amide bonds. The molecule has 4 N–H and O–H groups in total. The van der Waals surface area contributed by atoms with Gasteiger partial charge in [0.05, 0.1) is 42.8 Å². The van der Waals surface area contributed by atoms with Gasteiger partial charge in [-0.1, -0.05) is 19.1 Å². The molecule has 1 aromatic heterocycles. The van der Waals surface area contributed by atoms with E-state index in [9.17, 15) is 4.39 Å². The highest BCUT2D eigenvalue weighted by Gasteiger charge is 2.15. The summed E-state index contributed by atoms with van der Waals surface area (Å²) < 4.78 is 20.7. The van der Waals surface area contributed by atoms with Crippen molar-refractivity contribution in [3.63, 3.8) is 0 Å². The van der Waals surface area contributed by atoms with Gasteiger partial charge in [-0.05, 0) is 72.2 Å². The lowest BCUT2D eigenvalue weighted by Crippen LogP contribution is -2.20. The summed E-state index contributed by atoms with van der Waals surface area (Å²) in [5.74, 6) is 1.11. The number of nitrogens with zero attached hydrogens (tertiary/aromatic N) is 4. The number of hydrogen-bond acceptors (Lipinski definition) is 7. The van der Waals surface area contributed by atoms with Crippen LogP contribution < -0.4 is 21.2 Å². The fourth-order valence-electron chi connectivity index (χ4n) is 4.30. The Hall–Kier alpha value is -4.92. The Balaban J connectivity index is 1.37. The van der Waals surface area contributed by atoms with E-state index in [2.05, 4.69) is 27.9 Å². The summed E-state index contributed by atoms with van der Waals surface area (Å²) >= 11 is 0. The summed E-state index contributed by atoms with van der Waals surface area (Å²) in [6.45, 7) is 2.56. The van der Waals surface area contributed by atoms with E-state index in [1.807, 2.05) is 59.4 Å². The molecule has 0 spiro atoms. The fraction of sp³-hybridized carbons (Fsp3) is 0.167. The van der Waals surface area contributed by atoms with Gasteiger partial charge >= 0.3 is 0 Å². The Morgan fingerprint density at radius 1 is 1.10 bits per heavy atom. The van der Waals surface area contributed by atoms with Crippen LogP contribution >= 0.6 is 0 Å². The second kappa shape index (κ2) is 11.6. The Kier molecular flexibility index (Phi) is 7.68. The Labute approximate surface area is 226 Å². The van der Waals surface area contributed by atoms with E-state index in [1.54, 1.807) is 25.6 Å². The van der Waals surface area contributed by atoms with Gasteiger partial charge in [-0.25, -0.2) is 9.38 Å². The molecule has 1 aliphatic heterocycles. The van der Waals surface area contributed by atoms with Crippen molar-refractivity contribution in [3.05, 3.63) is 107 Å². The average molecular weight is 524 g/mol. The molecule has 2 heterocycles. The monoisotopic (exact) mass is 523 g/mol. The normalized spacial score (nSPS) is 13.8. The lowest BCUT2D eigenvalue weighted by atomic mass is 10.1. The number of rotatable bonds is 8. The van der Waals surface area contributed by atoms with Gasteiger partial charge in [0.25, 0.3) is 0 Å². The number of aromatic nitrogens is 2. The van der Waals surface area contributed by atoms with Gasteiger partial charge in [0.1, 0.15) is 17.4 Å². The number of benzene rings is 3. The lowest BCUT2D eigenvalue weighted by Gasteiger charge is -2.12. The van der Waals surface area contributed by atoms with Crippen LogP contribution in [0.5, 0.6) is 5.75 Å². The third-order valence-corrected chi connectivity index (χ3v) is 6.45. The van der Waals surface area contributed by atoms with Crippen molar-refractivity contribution in [1.29, 1.82) is 0 Å². The predicted molar refractivity (Wildman–Crippen MR) is 156 cm³/mol. The zero-order valence-corrected chi connectivity index (χ0v) is 21.9. The average Bonchev–Trinajstić information content (AvgIpc) is 3.27. The predicted octanol–water partition coefficient (Wildman–Crippen LogP) is 6.05. The van der Waals surface area contributed by atoms with Crippen LogP contribution in [0.4, 0.5) is 15.8 Å². The molecular weight excluding hydrogens is 493 g/mol. The highest BCUT2D eigenvalue weighted by molar-refractivity contribution is 6.21. The third-order valence-electron chi connectivity index (χ3n) is 6.45. The number of nitrogens with two attached hydrogens (primary N) is 1. The fourth-order valence-corrected chi connectivity index (χ4v) is 4.30. The number of nitrogens with one attached hydrogen (secondary N) is 2. The smallest absolute Gasteiger partial charge is 0.140 e. The van der Waals surface area contributed by atoms with E-state index in [1.165, 1.54) is 12.1 Å². The van der Waals surface area contributed by atoms with Crippen molar-refractivity contribution in [3.8, 4) is 5.75 Å². The van der Waals surface area contributed by atoms with Crippen molar-refractivity contribution < 1.29 is 9.13 Å². The Bertz CT molecular complexity index is 1600. The van der Waals surface area contributed by atoms with Crippen molar-refractivity contribution in [2.24, 2.45) is 15.8 Å². The number of hydrazone groups is 1. The molecule has 3 aromatic carbocycles. The standard InChI is InChI=1S/C30H30FN7O/c1-3-20-14-28(32)27(18-34-37-24-7-10-26(39-2)11-8-24)30(33-16-20)36-25-9-12-29-22(15-25)17-35-38(29)19-21-5-4-6-23(31)13-21/h4-13,15-18,37H,3,14,19,32H2,1-2H3,(H,33,36)/b34-18+. The molecule has 0 atom stereocenters. The molecule has 9 heteroatoms. The number of allylic oxidation sites excluding steroid dienone is 1. The molecule has 5 rings (SSSR count). The highest BCUT2D eigenvalue weighted by Crippen LogP contribution is 2.23. The number of halogens is 1. The van der Waals surface area contributed by atoms with Crippen LogP contribution in [-0.4, -0.2) is 28.9 Å². The van der Waals surface area contributed by atoms with E-state index in [0.717, 1.165) is 45.6 Å². The van der Waals surface area contributed by atoms with E-state index in [0.29, 0.717) is 30.1 Å². The van der Waals surface area contributed by atoms with Crippen molar-refractivity contribution in [1.82, 2.24) is 9.78 Å². The van der Waals surface area contributed by atoms with E-state index < -0.39 is 0 Å². The van der Waals surface area contributed by atoms with Crippen molar-refractivity contribution in [2.45, 2.75) is 26.3 Å². The summed E-state index contributed by atoms with van der Waals surface area (Å²) in [4.78, 5) is 4.71. The Morgan fingerprint density at radius 3 is 2.69 bits per heavy atom. The van der Waals surface area contributed by atoms with Crippen LogP contribution in [0.1, 0.15) is 25.3 Å². The number of methoxy groups -OCH3 is 1. The van der Waals surface area contributed by atoms with Crippen LogP contribution in [0.25, 0.3) is 10.9 Å². The molecule has 4 aromatic rings. The zero-order chi connectivity index (χ0) is 27.2. The van der Waals surface area contributed by atoms with Gasteiger partial charge in [0.2, 0.25) is 0 Å². The maximum atomic E-state index is 13.6. The van der Waals surface area contributed by atoms with E-state index in [-0.39, 0.29) is 5.82 Å². The summed E-state index contributed by atoms with van der Waals surface area (Å²) in [6.07, 6.45) is 6.81.